The van der Waals surface area contributed by atoms with Crippen LogP contribution in [-0.4, -0.2) is 20.6 Å². The van der Waals surface area contributed by atoms with Crippen molar-refractivity contribution in [2.24, 2.45) is 0 Å². The molecule has 0 fully saturated rings. The molecular weight excluding hydrogens is 628 g/mol. The van der Waals surface area contributed by atoms with Crippen molar-refractivity contribution in [1.29, 1.82) is 0 Å². The van der Waals surface area contributed by atoms with Gasteiger partial charge in [-0.05, 0) is 71.7 Å². The lowest BCUT2D eigenvalue weighted by Crippen LogP contribution is -1.96. The Morgan fingerprint density at radius 3 is 2.41 bits per heavy atom. The summed E-state index contributed by atoms with van der Waals surface area (Å²) in [5.41, 5.74) is 4.35. The highest BCUT2D eigenvalue weighted by atomic mass is 127. The molecule has 1 N–H and O–H groups in total. The van der Waals surface area contributed by atoms with Crippen LogP contribution < -0.4 is 5.32 Å². The number of pyridine rings is 1. The van der Waals surface area contributed by atoms with Gasteiger partial charge in [-0.3, -0.25) is 4.34 Å². The van der Waals surface area contributed by atoms with Gasteiger partial charge < -0.3 is 5.32 Å². The van der Waals surface area contributed by atoms with Crippen molar-refractivity contribution in [1.82, 2.24) is 14.3 Å². The van der Waals surface area contributed by atoms with Gasteiger partial charge in [0.1, 0.15) is 10.7 Å². The van der Waals surface area contributed by atoms with Crippen LogP contribution in [0.2, 0.25) is 5.15 Å². The maximum absolute atomic E-state index is 13.5. The predicted octanol–water partition coefficient (Wildman–Crippen LogP) is 10.3. The Hall–Kier alpha value is -0.870. The van der Waals surface area contributed by atoms with Gasteiger partial charge in [0.05, 0.1) is 17.7 Å². The second kappa shape index (κ2) is 13.4. The summed E-state index contributed by atoms with van der Waals surface area (Å²) in [6, 6.07) is 7.62. The van der Waals surface area contributed by atoms with Crippen LogP contribution in [0.4, 0.5) is 20.2 Å². The fourth-order valence-electron chi connectivity index (χ4n) is 2.82. The van der Waals surface area contributed by atoms with Crippen molar-refractivity contribution in [2.45, 2.75) is 45.9 Å². The fourth-order valence-corrected chi connectivity index (χ4v) is 6.31. The van der Waals surface area contributed by atoms with Gasteiger partial charge in [-0.1, -0.05) is 55.4 Å². The third-order valence-electron chi connectivity index (χ3n) is 4.66. The number of thioether (sulfide) groups is 2. The lowest BCUT2D eigenvalue weighted by Gasteiger charge is -2.14. The van der Waals surface area contributed by atoms with Gasteiger partial charge in [-0.15, -0.1) is 11.8 Å². The van der Waals surface area contributed by atoms with E-state index < -0.39 is 6.43 Å². The monoisotopic (exact) mass is 654 g/mol. The molecule has 34 heavy (non-hydrogen) atoms. The third-order valence-corrected chi connectivity index (χ3v) is 8.89. The van der Waals surface area contributed by atoms with Crippen LogP contribution >= 0.6 is 63.5 Å². The molecule has 184 valence electrons. The summed E-state index contributed by atoms with van der Waals surface area (Å²) >= 11 is 11.5. The Kier molecular flexibility index (Phi) is 11.6. The highest BCUT2D eigenvalue weighted by Crippen LogP contribution is 2.40. The number of allylic oxidation sites excluding steroid dienone is 2. The Morgan fingerprint density at radius 2 is 1.85 bits per heavy atom. The summed E-state index contributed by atoms with van der Waals surface area (Å²) in [5.74, 6) is -0.311. The van der Waals surface area contributed by atoms with Gasteiger partial charge in [-0.25, -0.2) is 18.7 Å². The van der Waals surface area contributed by atoms with Gasteiger partial charge in [0.2, 0.25) is 0 Å². The Labute approximate surface area is 228 Å². The summed E-state index contributed by atoms with van der Waals surface area (Å²) in [4.78, 5) is 11.6. The molecule has 0 saturated heterocycles. The summed E-state index contributed by atoms with van der Waals surface area (Å²) in [6.45, 7) is 14.5. The molecule has 1 aromatic carbocycles. The van der Waals surface area contributed by atoms with E-state index in [1.807, 2.05) is 54.3 Å². The number of nitrogens with one attached hydrogen (secondary N) is 1. The number of benzene rings is 1. The highest BCUT2D eigenvalue weighted by Gasteiger charge is 2.22. The van der Waals surface area contributed by atoms with Crippen LogP contribution in [0.1, 0.15) is 52.4 Å². The first-order valence-electron chi connectivity index (χ1n) is 10.4. The molecule has 0 amide bonds. The molecule has 0 spiro atoms. The average Bonchev–Trinajstić information content (AvgIpc) is 3.19. The SMILES string of the molecule is C=C(SC(C)=C(C)C)c1ccc(Nc2cc(Cl)nc3c2nc(C(F)F)n3PI)c(SC)c1.CC. The lowest BCUT2D eigenvalue weighted by molar-refractivity contribution is 0.140. The van der Waals surface area contributed by atoms with Crippen molar-refractivity contribution < 1.29 is 8.78 Å². The first-order valence-corrected chi connectivity index (χ1v) is 16.8. The molecule has 11 heteroatoms. The predicted molar refractivity (Wildman–Crippen MR) is 159 cm³/mol. The number of nitrogens with zero attached hydrogens (tertiary/aromatic N) is 3. The molecular formula is C23H27ClF2IN4PS2. The zero-order chi connectivity index (χ0) is 25.6. The first kappa shape index (κ1) is 29.4. The Bertz CT molecular complexity index is 1210. The van der Waals surface area contributed by atoms with Crippen LogP contribution in [0, 0.1) is 0 Å². The quantitative estimate of drug-likeness (QED) is 0.113. The maximum Gasteiger partial charge on any atom is 0.295 e. The van der Waals surface area contributed by atoms with E-state index in [-0.39, 0.29) is 17.4 Å². The molecule has 0 aliphatic carbocycles. The van der Waals surface area contributed by atoms with Crippen molar-refractivity contribution >= 4 is 91.0 Å². The molecule has 2 aromatic heterocycles. The molecule has 0 saturated carbocycles. The molecule has 1 atom stereocenters. The van der Waals surface area contributed by atoms with Crippen LogP contribution in [0.25, 0.3) is 16.1 Å². The van der Waals surface area contributed by atoms with E-state index in [4.69, 9.17) is 11.6 Å². The minimum Gasteiger partial charge on any atom is -0.353 e. The number of hydrogen-bond acceptors (Lipinski definition) is 5. The summed E-state index contributed by atoms with van der Waals surface area (Å²) in [5, 5.41) is 3.53. The number of imidazole rings is 1. The van der Waals surface area contributed by atoms with Crippen LogP contribution in [0.3, 0.4) is 0 Å². The molecule has 0 aliphatic heterocycles. The summed E-state index contributed by atoms with van der Waals surface area (Å²) < 4.78 is 28.4. The number of aromatic nitrogens is 3. The number of hydrogen-bond donors (Lipinski definition) is 1. The van der Waals surface area contributed by atoms with Crippen molar-refractivity contribution in [3.8, 4) is 0 Å². The Morgan fingerprint density at radius 1 is 1.18 bits per heavy atom. The van der Waals surface area contributed by atoms with E-state index in [1.165, 1.54) is 14.8 Å². The number of fused-ring (bicyclic) bond motifs is 1. The third kappa shape index (κ3) is 6.87. The van der Waals surface area contributed by atoms with E-state index in [2.05, 4.69) is 48.7 Å². The fraction of sp³-hybridized carbons (Fsp3) is 0.304. The van der Waals surface area contributed by atoms with Gasteiger partial charge in [-0.2, -0.15) is 0 Å². The Balaban J connectivity index is 0.00000199. The topological polar surface area (TPSA) is 42.7 Å². The second-order valence-corrected chi connectivity index (χ2v) is 11.6. The van der Waals surface area contributed by atoms with E-state index in [9.17, 15) is 8.78 Å². The van der Waals surface area contributed by atoms with Crippen LogP contribution in [0.5, 0.6) is 0 Å². The maximum atomic E-state index is 13.5. The molecule has 0 radical (unpaired) electrons. The number of anilines is 2. The molecule has 3 aromatic rings. The zero-order valence-corrected chi connectivity index (χ0v) is 25.3. The van der Waals surface area contributed by atoms with Crippen molar-refractivity contribution in [2.75, 3.05) is 11.6 Å². The zero-order valence-electron chi connectivity index (χ0n) is 19.8. The number of halogens is 4. The van der Waals surface area contributed by atoms with Crippen molar-refractivity contribution in [3.05, 3.63) is 57.9 Å². The molecule has 1 unspecified atom stereocenters. The molecule has 4 nitrogen and oxygen atoms in total. The van der Waals surface area contributed by atoms with Gasteiger partial charge in [0.25, 0.3) is 6.43 Å². The van der Waals surface area contributed by atoms with Crippen LogP contribution in [-0.2, 0) is 0 Å². The van der Waals surface area contributed by atoms with E-state index in [1.54, 1.807) is 29.6 Å². The highest BCUT2D eigenvalue weighted by molar-refractivity contribution is 14.2. The van der Waals surface area contributed by atoms with Crippen molar-refractivity contribution in [3.63, 3.8) is 0 Å². The minimum atomic E-state index is -2.70. The minimum absolute atomic E-state index is 0.0246. The lowest BCUT2D eigenvalue weighted by atomic mass is 10.2. The second-order valence-electron chi connectivity index (χ2n) is 6.98. The molecule has 0 aliphatic rings. The molecule has 2 heterocycles. The first-order chi connectivity index (χ1) is 16.2. The largest absolute Gasteiger partial charge is 0.353 e. The van der Waals surface area contributed by atoms with Gasteiger partial charge >= 0.3 is 0 Å². The number of alkyl halides is 2. The number of rotatable bonds is 8. The van der Waals surface area contributed by atoms with E-state index in [0.29, 0.717) is 16.9 Å². The standard InChI is InChI=1S/C21H21ClF2IN4PS2.C2H6/c1-10(2)11(3)32-12(4)13-6-7-14(16(8-13)31-5)26-15-9-17(22)27-20-18(15)28-21(19(23)24)29(20)30-25;1-2/h6-9,19,30H,4H2,1-3,5H3,(H,26,27);1-2H3. The summed E-state index contributed by atoms with van der Waals surface area (Å²) in [6.07, 6.45) is -0.694. The molecule has 3 rings (SSSR count). The van der Waals surface area contributed by atoms with E-state index >= 15 is 0 Å². The van der Waals surface area contributed by atoms with Gasteiger partial charge in [0, 0.05) is 15.9 Å². The molecule has 0 bridgehead atoms. The average molecular weight is 655 g/mol. The van der Waals surface area contributed by atoms with Crippen LogP contribution in [0.15, 0.2) is 46.2 Å². The van der Waals surface area contributed by atoms with Gasteiger partial charge in [0.15, 0.2) is 11.5 Å². The normalized spacial score (nSPS) is 11.1. The summed E-state index contributed by atoms with van der Waals surface area (Å²) in [7, 11) is 0. The van der Waals surface area contributed by atoms with E-state index in [0.717, 1.165) is 21.1 Å². The smallest absolute Gasteiger partial charge is 0.295 e.